The number of hydrogen-bond acceptors (Lipinski definition) is 5. The largest absolute Gasteiger partial charge is 0.454 e. The molecule has 0 saturated heterocycles. The van der Waals surface area contributed by atoms with Crippen molar-refractivity contribution >= 4 is 20.9 Å². The van der Waals surface area contributed by atoms with Gasteiger partial charge >= 0.3 is 0 Å². The van der Waals surface area contributed by atoms with Crippen LogP contribution < -0.4 is 15.0 Å². The normalized spacial score (nSPS) is 13.0. The molecule has 5 rings (SSSR count). The summed E-state index contributed by atoms with van der Waals surface area (Å²) in [4.78, 5) is 15.9. The van der Waals surface area contributed by atoms with Crippen molar-refractivity contribution in [3.05, 3.63) is 99.8 Å². The van der Waals surface area contributed by atoms with E-state index >= 15 is 0 Å². The molecular formula is C25H22N2O5S. The molecule has 1 aliphatic heterocycles. The Kier molecular flexibility index (Phi) is 5.39. The van der Waals surface area contributed by atoms with Crippen LogP contribution in [0.2, 0.25) is 0 Å². The first-order chi connectivity index (χ1) is 15.9. The summed E-state index contributed by atoms with van der Waals surface area (Å²) >= 11 is 0. The zero-order valence-corrected chi connectivity index (χ0v) is 18.8. The predicted molar refractivity (Wildman–Crippen MR) is 125 cm³/mol. The minimum Gasteiger partial charge on any atom is -0.454 e. The average molecular weight is 463 g/mol. The molecule has 1 aliphatic rings. The number of rotatable bonds is 6. The summed E-state index contributed by atoms with van der Waals surface area (Å²) < 4.78 is 39.2. The lowest BCUT2D eigenvalue weighted by Crippen LogP contribution is -2.32. The lowest BCUT2D eigenvalue weighted by atomic mass is 10.1. The van der Waals surface area contributed by atoms with E-state index in [0.29, 0.717) is 17.1 Å². The molecule has 0 atom stereocenters. The summed E-state index contributed by atoms with van der Waals surface area (Å²) in [6, 6.07) is 21.0. The molecule has 0 spiro atoms. The highest BCUT2D eigenvalue weighted by molar-refractivity contribution is 7.89. The number of sulfonamides is 1. The van der Waals surface area contributed by atoms with Gasteiger partial charge in [0.05, 0.1) is 10.4 Å². The van der Waals surface area contributed by atoms with E-state index in [9.17, 15) is 13.2 Å². The van der Waals surface area contributed by atoms with Gasteiger partial charge in [0.1, 0.15) is 0 Å². The van der Waals surface area contributed by atoms with Crippen molar-refractivity contribution in [2.45, 2.75) is 24.9 Å². The zero-order chi connectivity index (χ0) is 23.0. The second-order valence-electron chi connectivity index (χ2n) is 7.94. The summed E-state index contributed by atoms with van der Waals surface area (Å²) in [6.07, 6.45) is 0. The van der Waals surface area contributed by atoms with E-state index in [-0.39, 0.29) is 30.3 Å². The minimum absolute atomic E-state index is 0.0686. The zero-order valence-electron chi connectivity index (χ0n) is 17.9. The highest BCUT2D eigenvalue weighted by atomic mass is 32.2. The number of aromatic amines is 1. The minimum atomic E-state index is -3.88. The van der Waals surface area contributed by atoms with Crippen LogP contribution in [-0.2, 0) is 23.1 Å². The molecule has 2 heterocycles. The lowest BCUT2D eigenvalue weighted by Gasteiger charge is -2.22. The van der Waals surface area contributed by atoms with Crippen LogP contribution in [0.4, 0.5) is 0 Å². The number of para-hydroxylation sites is 1. The fourth-order valence-corrected chi connectivity index (χ4v) is 5.37. The first kappa shape index (κ1) is 21.2. The second kappa shape index (κ2) is 8.38. The van der Waals surface area contributed by atoms with Gasteiger partial charge in [-0.15, -0.1) is 0 Å². The molecule has 0 fully saturated rings. The molecule has 1 aromatic heterocycles. The van der Waals surface area contributed by atoms with Crippen LogP contribution in [0.1, 0.15) is 16.7 Å². The van der Waals surface area contributed by atoms with E-state index < -0.39 is 10.0 Å². The SMILES string of the molecule is Cc1cccc2cc(CN(Cc3ccc4c(c3)OCO4)S(=O)(=O)c3ccccc3)c(=O)[nH]c12. The highest BCUT2D eigenvalue weighted by Crippen LogP contribution is 2.33. The van der Waals surface area contributed by atoms with Crippen LogP contribution in [-0.4, -0.2) is 24.5 Å². The van der Waals surface area contributed by atoms with Crippen molar-refractivity contribution in [2.24, 2.45) is 0 Å². The molecule has 0 bridgehead atoms. The topological polar surface area (TPSA) is 88.7 Å². The van der Waals surface area contributed by atoms with Gasteiger partial charge in [0, 0.05) is 18.7 Å². The fourth-order valence-electron chi connectivity index (χ4n) is 3.95. The van der Waals surface area contributed by atoms with E-state index in [2.05, 4.69) is 4.98 Å². The van der Waals surface area contributed by atoms with Crippen molar-refractivity contribution in [1.82, 2.24) is 9.29 Å². The third-order valence-electron chi connectivity index (χ3n) is 5.69. The van der Waals surface area contributed by atoms with E-state index in [1.807, 2.05) is 25.1 Å². The van der Waals surface area contributed by atoms with Gasteiger partial charge in [-0.25, -0.2) is 8.42 Å². The van der Waals surface area contributed by atoms with Crippen LogP contribution in [0.5, 0.6) is 11.5 Å². The molecule has 168 valence electrons. The van der Waals surface area contributed by atoms with Gasteiger partial charge in [-0.1, -0.05) is 42.5 Å². The Balaban J connectivity index is 1.56. The number of nitrogens with one attached hydrogen (secondary N) is 1. The number of H-pyrrole nitrogens is 1. The number of benzene rings is 3. The highest BCUT2D eigenvalue weighted by Gasteiger charge is 2.26. The van der Waals surface area contributed by atoms with E-state index in [1.165, 1.54) is 4.31 Å². The molecule has 33 heavy (non-hydrogen) atoms. The van der Waals surface area contributed by atoms with E-state index in [0.717, 1.165) is 22.0 Å². The van der Waals surface area contributed by atoms with Crippen LogP contribution >= 0.6 is 0 Å². The Morgan fingerprint density at radius 2 is 1.70 bits per heavy atom. The fraction of sp³-hybridized carbons (Fsp3) is 0.160. The van der Waals surface area contributed by atoms with Gasteiger partial charge in [-0.2, -0.15) is 4.31 Å². The molecule has 7 nitrogen and oxygen atoms in total. The first-order valence-corrected chi connectivity index (χ1v) is 11.9. The van der Waals surface area contributed by atoms with Crippen LogP contribution in [0, 0.1) is 6.92 Å². The van der Waals surface area contributed by atoms with Gasteiger partial charge in [-0.05, 0) is 53.8 Å². The van der Waals surface area contributed by atoms with Crippen molar-refractivity contribution in [3.63, 3.8) is 0 Å². The Morgan fingerprint density at radius 3 is 2.52 bits per heavy atom. The predicted octanol–water partition coefficient (Wildman–Crippen LogP) is 3.96. The molecule has 1 N–H and O–H groups in total. The molecule has 0 amide bonds. The summed E-state index contributed by atoms with van der Waals surface area (Å²) in [6.45, 7) is 2.05. The summed E-state index contributed by atoms with van der Waals surface area (Å²) in [7, 11) is -3.88. The maximum atomic E-state index is 13.6. The molecule has 0 saturated carbocycles. The Hall–Kier alpha value is -3.62. The van der Waals surface area contributed by atoms with Crippen molar-refractivity contribution in [3.8, 4) is 11.5 Å². The van der Waals surface area contributed by atoms with Gasteiger partial charge in [0.25, 0.3) is 5.56 Å². The third kappa shape index (κ3) is 4.10. The molecule has 0 radical (unpaired) electrons. The Bertz CT molecular complexity index is 1500. The molecule has 8 heteroatoms. The van der Waals surface area contributed by atoms with Gasteiger partial charge in [-0.3, -0.25) is 4.79 Å². The standard InChI is InChI=1S/C25H22N2O5S/c1-17-6-5-7-19-13-20(25(28)26-24(17)19)15-27(33(29,30)21-8-3-2-4-9-21)14-18-10-11-22-23(12-18)32-16-31-22/h2-13H,14-16H2,1H3,(H,26,28). The molecule has 0 unspecified atom stereocenters. The smallest absolute Gasteiger partial charge is 0.252 e. The summed E-state index contributed by atoms with van der Waals surface area (Å²) in [5, 5.41) is 0.852. The number of fused-ring (bicyclic) bond motifs is 2. The number of aryl methyl sites for hydroxylation is 1. The van der Waals surface area contributed by atoms with Crippen molar-refractivity contribution < 1.29 is 17.9 Å². The summed E-state index contributed by atoms with van der Waals surface area (Å²) in [5.41, 5.74) is 2.49. The molecule has 4 aromatic rings. The number of ether oxygens (including phenoxy) is 2. The average Bonchev–Trinajstić information content (AvgIpc) is 3.28. The van der Waals surface area contributed by atoms with Crippen molar-refractivity contribution in [2.75, 3.05) is 6.79 Å². The van der Waals surface area contributed by atoms with Gasteiger partial charge < -0.3 is 14.5 Å². The maximum Gasteiger partial charge on any atom is 0.252 e. The van der Waals surface area contributed by atoms with Crippen molar-refractivity contribution in [1.29, 1.82) is 0 Å². The van der Waals surface area contributed by atoms with Crippen LogP contribution in [0.3, 0.4) is 0 Å². The monoisotopic (exact) mass is 462 g/mol. The van der Waals surface area contributed by atoms with Crippen LogP contribution in [0.25, 0.3) is 10.9 Å². The lowest BCUT2D eigenvalue weighted by molar-refractivity contribution is 0.174. The first-order valence-electron chi connectivity index (χ1n) is 10.5. The quantitative estimate of drug-likeness (QED) is 0.469. The number of hydrogen-bond donors (Lipinski definition) is 1. The number of aromatic nitrogens is 1. The number of pyridine rings is 1. The van der Waals surface area contributed by atoms with Gasteiger partial charge in [0.15, 0.2) is 11.5 Å². The van der Waals surface area contributed by atoms with Gasteiger partial charge in [0.2, 0.25) is 16.8 Å². The second-order valence-corrected chi connectivity index (χ2v) is 9.87. The Morgan fingerprint density at radius 1 is 0.909 bits per heavy atom. The molecule has 0 aliphatic carbocycles. The van der Waals surface area contributed by atoms with Crippen LogP contribution in [0.15, 0.2) is 82.5 Å². The Labute approximate surface area is 191 Å². The molecule has 3 aromatic carbocycles. The van der Waals surface area contributed by atoms with E-state index in [4.69, 9.17) is 9.47 Å². The summed E-state index contributed by atoms with van der Waals surface area (Å²) in [5.74, 6) is 1.20. The number of nitrogens with zero attached hydrogens (tertiary/aromatic N) is 1. The van der Waals surface area contributed by atoms with E-state index in [1.54, 1.807) is 54.6 Å². The molecular weight excluding hydrogens is 440 g/mol. The third-order valence-corrected chi connectivity index (χ3v) is 7.49. The maximum absolute atomic E-state index is 13.6.